The third-order valence-corrected chi connectivity index (χ3v) is 5.70. The first-order valence-corrected chi connectivity index (χ1v) is 11.1. The molecule has 0 unspecified atom stereocenters. The SMILES string of the molecule is CCOC(=O)[C@@H](NC(=O)N(C)c1cccc(OCc2ccccc2)c1)C1CCCCC1. The van der Waals surface area contributed by atoms with Crippen LogP contribution in [0.3, 0.4) is 0 Å². The molecule has 0 aromatic heterocycles. The lowest BCUT2D eigenvalue weighted by Crippen LogP contribution is -2.51. The van der Waals surface area contributed by atoms with E-state index in [0.29, 0.717) is 24.7 Å². The molecule has 0 bridgehead atoms. The summed E-state index contributed by atoms with van der Waals surface area (Å²) >= 11 is 0. The molecule has 0 radical (unpaired) electrons. The van der Waals surface area contributed by atoms with Gasteiger partial charge in [0, 0.05) is 18.8 Å². The van der Waals surface area contributed by atoms with E-state index < -0.39 is 6.04 Å². The Hall–Kier alpha value is -3.02. The van der Waals surface area contributed by atoms with Gasteiger partial charge in [0.05, 0.1) is 6.61 Å². The Morgan fingerprint density at radius 3 is 2.52 bits per heavy atom. The third-order valence-electron chi connectivity index (χ3n) is 5.70. The van der Waals surface area contributed by atoms with Gasteiger partial charge in [-0.3, -0.25) is 4.90 Å². The maximum atomic E-state index is 13.0. The molecule has 2 aromatic rings. The number of amides is 2. The first-order valence-electron chi connectivity index (χ1n) is 11.1. The lowest BCUT2D eigenvalue weighted by Gasteiger charge is -2.30. The number of rotatable bonds is 8. The predicted octanol–water partition coefficient (Wildman–Crippen LogP) is 4.92. The number of carbonyl (C=O) groups is 2. The van der Waals surface area contributed by atoms with Crippen LogP contribution in [0.25, 0.3) is 0 Å². The minimum atomic E-state index is -0.618. The second-order valence-electron chi connectivity index (χ2n) is 7.91. The van der Waals surface area contributed by atoms with Crippen LogP contribution in [-0.2, 0) is 16.1 Å². The first kappa shape index (κ1) is 22.7. The van der Waals surface area contributed by atoms with E-state index in [4.69, 9.17) is 9.47 Å². The zero-order chi connectivity index (χ0) is 22.1. The van der Waals surface area contributed by atoms with Crippen molar-refractivity contribution < 1.29 is 19.1 Å². The molecule has 1 aliphatic rings. The lowest BCUT2D eigenvalue weighted by molar-refractivity contribution is -0.147. The highest BCUT2D eigenvalue weighted by atomic mass is 16.5. The molecular weight excluding hydrogens is 392 g/mol. The standard InChI is InChI=1S/C25H32N2O4/c1-3-30-24(28)23(20-13-8-5-9-14-20)26-25(29)27(2)21-15-10-16-22(17-21)31-18-19-11-6-4-7-12-19/h4,6-7,10-12,15-17,20,23H,3,5,8-9,13-14,18H2,1-2H3,(H,26,29)/t23-/m0/s1. The van der Waals surface area contributed by atoms with Gasteiger partial charge in [0.25, 0.3) is 0 Å². The van der Waals surface area contributed by atoms with Crippen LogP contribution in [0.4, 0.5) is 10.5 Å². The van der Waals surface area contributed by atoms with E-state index in [1.54, 1.807) is 14.0 Å². The van der Waals surface area contributed by atoms with Crippen molar-refractivity contribution in [3.8, 4) is 5.75 Å². The highest BCUT2D eigenvalue weighted by molar-refractivity contribution is 5.94. The Kier molecular flexibility index (Phi) is 8.33. The van der Waals surface area contributed by atoms with Gasteiger partial charge in [-0.2, -0.15) is 0 Å². The van der Waals surface area contributed by atoms with Crippen LogP contribution >= 0.6 is 0 Å². The summed E-state index contributed by atoms with van der Waals surface area (Å²) in [4.78, 5) is 27.0. The summed E-state index contributed by atoms with van der Waals surface area (Å²) in [6, 6.07) is 16.3. The summed E-state index contributed by atoms with van der Waals surface area (Å²) < 4.78 is 11.1. The number of nitrogens with one attached hydrogen (secondary N) is 1. The van der Waals surface area contributed by atoms with Gasteiger partial charge in [0.15, 0.2) is 0 Å². The van der Waals surface area contributed by atoms with Gasteiger partial charge in [0.2, 0.25) is 0 Å². The minimum Gasteiger partial charge on any atom is -0.489 e. The molecule has 1 aliphatic carbocycles. The molecule has 0 spiro atoms. The van der Waals surface area contributed by atoms with E-state index in [-0.39, 0.29) is 17.9 Å². The Balaban J connectivity index is 1.65. The van der Waals surface area contributed by atoms with Crippen LogP contribution in [0.2, 0.25) is 0 Å². The van der Waals surface area contributed by atoms with Crippen LogP contribution in [0.15, 0.2) is 54.6 Å². The van der Waals surface area contributed by atoms with E-state index in [1.807, 2.05) is 54.6 Å². The summed E-state index contributed by atoms with van der Waals surface area (Å²) in [6.07, 6.45) is 5.18. The van der Waals surface area contributed by atoms with Crippen LogP contribution < -0.4 is 15.0 Å². The summed E-state index contributed by atoms with van der Waals surface area (Å²) in [5.41, 5.74) is 1.76. The molecule has 6 heteroatoms. The summed E-state index contributed by atoms with van der Waals surface area (Å²) in [6.45, 7) is 2.53. The van der Waals surface area contributed by atoms with Crippen molar-refractivity contribution in [1.82, 2.24) is 5.32 Å². The smallest absolute Gasteiger partial charge is 0.328 e. The van der Waals surface area contributed by atoms with E-state index in [1.165, 1.54) is 11.3 Å². The van der Waals surface area contributed by atoms with Crippen molar-refractivity contribution in [1.29, 1.82) is 0 Å². The molecule has 6 nitrogen and oxygen atoms in total. The fourth-order valence-corrected chi connectivity index (χ4v) is 3.94. The molecule has 2 aromatic carbocycles. The monoisotopic (exact) mass is 424 g/mol. The molecule has 166 valence electrons. The molecule has 2 amide bonds. The summed E-state index contributed by atoms with van der Waals surface area (Å²) in [5, 5.41) is 2.92. The van der Waals surface area contributed by atoms with Gasteiger partial charge in [-0.05, 0) is 43.4 Å². The third kappa shape index (κ3) is 6.48. The first-order chi connectivity index (χ1) is 15.1. The highest BCUT2D eigenvalue weighted by Gasteiger charge is 2.33. The molecule has 1 saturated carbocycles. The quantitative estimate of drug-likeness (QED) is 0.611. The second kappa shape index (κ2) is 11.4. The normalized spacial score (nSPS) is 15.0. The number of ether oxygens (including phenoxy) is 2. The number of urea groups is 1. The van der Waals surface area contributed by atoms with E-state index >= 15 is 0 Å². The maximum absolute atomic E-state index is 13.0. The topological polar surface area (TPSA) is 67.9 Å². The molecular formula is C25H32N2O4. The maximum Gasteiger partial charge on any atom is 0.328 e. The summed E-state index contributed by atoms with van der Waals surface area (Å²) in [7, 11) is 1.69. The highest BCUT2D eigenvalue weighted by Crippen LogP contribution is 2.28. The molecule has 0 aliphatic heterocycles. The molecule has 1 atom stereocenters. The van der Waals surface area contributed by atoms with Crippen molar-refractivity contribution in [3.05, 3.63) is 60.2 Å². The van der Waals surface area contributed by atoms with Gasteiger partial charge in [-0.15, -0.1) is 0 Å². The number of esters is 1. The predicted molar refractivity (Wildman–Crippen MR) is 121 cm³/mol. The molecule has 0 heterocycles. The van der Waals surface area contributed by atoms with E-state index in [0.717, 1.165) is 31.2 Å². The lowest BCUT2D eigenvalue weighted by atomic mass is 9.84. The fraction of sp³-hybridized carbons (Fsp3) is 0.440. The average Bonchev–Trinajstić information content (AvgIpc) is 2.82. The largest absolute Gasteiger partial charge is 0.489 e. The molecule has 3 rings (SSSR count). The molecule has 1 fully saturated rings. The van der Waals surface area contributed by atoms with Crippen molar-refractivity contribution in [2.75, 3.05) is 18.6 Å². The zero-order valence-electron chi connectivity index (χ0n) is 18.4. The van der Waals surface area contributed by atoms with Gasteiger partial charge in [-0.25, -0.2) is 9.59 Å². The average molecular weight is 425 g/mol. The number of nitrogens with zero attached hydrogens (tertiary/aromatic N) is 1. The van der Waals surface area contributed by atoms with Crippen molar-refractivity contribution in [2.45, 2.75) is 51.7 Å². The van der Waals surface area contributed by atoms with Crippen molar-refractivity contribution in [2.24, 2.45) is 5.92 Å². The Labute approximate surface area is 184 Å². The Morgan fingerprint density at radius 1 is 1.06 bits per heavy atom. The summed E-state index contributed by atoms with van der Waals surface area (Å²) in [5.74, 6) is 0.442. The van der Waals surface area contributed by atoms with Crippen molar-refractivity contribution >= 4 is 17.7 Å². The van der Waals surface area contributed by atoms with Crippen LogP contribution in [0.1, 0.15) is 44.6 Å². The Morgan fingerprint density at radius 2 is 1.81 bits per heavy atom. The van der Waals surface area contributed by atoms with Gasteiger partial charge in [0.1, 0.15) is 18.4 Å². The van der Waals surface area contributed by atoms with Crippen LogP contribution in [-0.4, -0.2) is 31.7 Å². The van der Waals surface area contributed by atoms with Crippen LogP contribution in [0, 0.1) is 5.92 Å². The van der Waals surface area contributed by atoms with E-state index in [9.17, 15) is 9.59 Å². The number of hydrogen-bond acceptors (Lipinski definition) is 4. The molecule has 0 saturated heterocycles. The molecule has 31 heavy (non-hydrogen) atoms. The number of carbonyl (C=O) groups excluding carboxylic acids is 2. The van der Waals surface area contributed by atoms with E-state index in [2.05, 4.69) is 5.32 Å². The number of hydrogen-bond donors (Lipinski definition) is 1. The second-order valence-corrected chi connectivity index (χ2v) is 7.91. The van der Waals surface area contributed by atoms with Crippen LogP contribution in [0.5, 0.6) is 5.75 Å². The Bertz CT molecular complexity index is 850. The van der Waals surface area contributed by atoms with Gasteiger partial charge < -0.3 is 14.8 Å². The minimum absolute atomic E-state index is 0.116. The number of anilines is 1. The zero-order valence-corrected chi connectivity index (χ0v) is 18.4. The van der Waals surface area contributed by atoms with Crippen molar-refractivity contribution in [3.63, 3.8) is 0 Å². The van der Waals surface area contributed by atoms with Gasteiger partial charge in [-0.1, -0.05) is 55.7 Å². The number of benzene rings is 2. The molecule has 1 N–H and O–H groups in total. The van der Waals surface area contributed by atoms with Gasteiger partial charge >= 0.3 is 12.0 Å². The fourth-order valence-electron chi connectivity index (χ4n) is 3.94.